The maximum atomic E-state index is 12.8. The molecule has 3 heterocycles. The summed E-state index contributed by atoms with van der Waals surface area (Å²) in [5, 5.41) is 4.81. The second-order valence-electron chi connectivity index (χ2n) is 7.43. The van der Waals surface area contributed by atoms with E-state index in [1.54, 1.807) is 30.1 Å². The van der Waals surface area contributed by atoms with Crippen LogP contribution >= 0.6 is 0 Å². The molecule has 0 N–H and O–H groups in total. The van der Waals surface area contributed by atoms with E-state index < -0.39 is 6.43 Å². The van der Waals surface area contributed by atoms with Gasteiger partial charge >= 0.3 is 0 Å². The van der Waals surface area contributed by atoms with Crippen molar-refractivity contribution in [3.63, 3.8) is 0 Å². The van der Waals surface area contributed by atoms with Crippen molar-refractivity contribution in [2.45, 2.75) is 38.5 Å². The number of nitrogens with zero attached hydrogens (tertiary/aromatic N) is 4. The minimum absolute atomic E-state index is 0.0640. The van der Waals surface area contributed by atoms with E-state index in [9.17, 15) is 13.6 Å². The highest BCUT2D eigenvalue weighted by molar-refractivity contribution is 5.86. The van der Waals surface area contributed by atoms with Crippen molar-refractivity contribution >= 4 is 10.9 Å². The number of piperidine rings is 1. The largest absolute Gasteiger partial charge is 0.490 e. The summed E-state index contributed by atoms with van der Waals surface area (Å²) < 4.78 is 34.7. The summed E-state index contributed by atoms with van der Waals surface area (Å²) in [5.74, 6) is 0.733. The molecule has 29 heavy (non-hydrogen) atoms. The first-order chi connectivity index (χ1) is 14.0. The fraction of sp³-hybridized carbons (Fsp3) is 0.429. The normalized spacial score (nSPS) is 16.0. The molecule has 1 aliphatic rings. The molecule has 4 rings (SSSR count). The number of aromatic nitrogens is 3. The Morgan fingerprint density at radius 2 is 2.00 bits per heavy atom. The molecule has 1 fully saturated rings. The summed E-state index contributed by atoms with van der Waals surface area (Å²) >= 11 is 0. The zero-order chi connectivity index (χ0) is 20.4. The number of hydrogen-bond donors (Lipinski definition) is 0. The van der Waals surface area contributed by atoms with Crippen molar-refractivity contribution in [2.75, 3.05) is 13.1 Å². The second-order valence-corrected chi connectivity index (χ2v) is 7.43. The van der Waals surface area contributed by atoms with Gasteiger partial charge in [-0.15, -0.1) is 0 Å². The van der Waals surface area contributed by atoms with Crippen LogP contribution in [0.1, 0.15) is 18.4 Å². The number of likely N-dealkylation sites (tertiary alicyclic amines) is 1. The molecule has 0 saturated carbocycles. The smallest absolute Gasteiger partial charge is 0.270 e. The van der Waals surface area contributed by atoms with Crippen molar-refractivity contribution in [2.24, 2.45) is 7.05 Å². The molecule has 0 bridgehead atoms. The summed E-state index contributed by atoms with van der Waals surface area (Å²) in [7, 11) is 1.65. The van der Waals surface area contributed by atoms with Gasteiger partial charge in [-0.05, 0) is 37.1 Å². The van der Waals surface area contributed by atoms with Crippen LogP contribution in [-0.4, -0.2) is 44.9 Å². The first kappa shape index (κ1) is 19.6. The molecular formula is C21H24F2N4O2. The van der Waals surface area contributed by atoms with Crippen LogP contribution in [0.25, 0.3) is 10.9 Å². The molecule has 1 saturated heterocycles. The minimum Gasteiger partial charge on any atom is -0.490 e. The Labute approximate surface area is 167 Å². The maximum absolute atomic E-state index is 12.8. The van der Waals surface area contributed by atoms with Gasteiger partial charge in [0.2, 0.25) is 0 Å². The van der Waals surface area contributed by atoms with E-state index in [1.807, 2.05) is 24.3 Å². The molecule has 0 aliphatic carbocycles. The molecule has 8 heteroatoms. The van der Waals surface area contributed by atoms with Crippen molar-refractivity contribution < 1.29 is 13.5 Å². The number of fused-ring (bicyclic) bond motifs is 1. The highest BCUT2D eigenvalue weighted by Crippen LogP contribution is 2.29. The van der Waals surface area contributed by atoms with E-state index in [-0.39, 0.29) is 18.2 Å². The summed E-state index contributed by atoms with van der Waals surface area (Å²) in [6, 6.07) is 9.18. The predicted molar refractivity (Wildman–Crippen MR) is 106 cm³/mol. The number of aryl methyl sites for hydroxylation is 1. The molecule has 3 aromatic rings. The van der Waals surface area contributed by atoms with Gasteiger partial charge in [0.1, 0.15) is 11.9 Å². The molecule has 0 radical (unpaired) electrons. The lowest BCUT2D eigenvalue weighted by atomic mass is 10.1. The topological polar surface area (TPSA) is 52.3 Å². The average molecular weight is 402 g/mol. The molecule has 154 valence electrons. The first-order valence-electron chi connectivity index (χ1n) is 9.77. The number of benzene rings is 1. The average Bonchev–Trinajstić information content (AvgIpc) is 3.10. The van der Waals surface area contributed by atoms with Crippen LogP contribution in [0.2, 0.25) is 0 Å². The van der Waals surface area contributed by atoms with Crippen LogP contribution in [0.3, 0.4) is 0 Å². The van der Waals surface area contributed by atoms with Gasteiger partial charge in [-0.3, -0.25) is 9.69 Å². The monoisotopic (exact) mass is 402 g/mol. The van der Waals surface area contributed by atoms with Gasteiger partial charge in [0, 0.05) is 50.0 Å². The number of rotatable bonds is 6. The van der Waals surface area contributed by atoms with Gasteiger partial charge in [-0.25, -0.2) is 13.5 Å². The Morgan fingerprint density at radius 1 is 1.21 bits per heavy atom. The third-order valence-corrected chi connectivity index (χ3v) is 5.41. The Bertz CT molecular complexity index is 1040. The van der Waals surface area contributed by atoms with Crippen LogP contribution in [0, 0.1) is 0 Å². The third kappa shape index (κ3) is 4.32. The SMILES string of the molecule is Cn1nccc(CN2CCC(Oc3cccc4c3ccn4CC(F)F)CC2)c1=O. The standard InChI is InChI=1S/C21H24F2N4O2/c1-25-21(28)15(5-9-24-25)13-26-10-6-16(7-11-26)29-19-4-2-3-18-17(19)8-12-27(18)14-20(22)23/h2-5,8-9,12,16,20H,6-7,10-11,13-14H2,1H3. The molecular weight excluding hydrogens is 378 g/mol. The fourth-order valence-corrected chi connectivity index (χ4v) is 3.89. The summed E-state index contributed by atoms with van der Waals surface area (Å²) in [6.07, 6.45) is 2.70. The van der Waals surface area contributed by atoms with E-state index in [0.29, 0.717) is 6.54 Å². The second kappa shape index (κ2) is 8.32. The number of hydrogen-bond acceptors (Lipinski definition) is 4. The number of alkyl halides is 2. The molecule has 2 aromatic heterocycles. The van der Waals surface area contributed by atoms with Crippen LogP contribution in [0.15, 0.2) is 47.5 Å². The zero-order valence-corrected chi connectivity index (χ0v) is 16.3. The van der Waals surface area contributed by atoms with Crippen molar-refractivity contribution in [3.05, 3.63) is 58.6 Å². The van der Waals surface area contributed by atoms with Crippen LogP contribution < -0.4 is 10.3 Å². The zero-order valence-electron chi connectivity index (χ0n) is 16.3. The lowest BCUT2D eigenvalue weighted by molar-refractivity contribution is 0.0976. The van der Waals surface area contributed by atoms with E-state index in [4.69, 9.17) is 4.74 Å². The van der Waals surface area contributed by atoms with Gasteiger partial charge in [0.05, 0.1) is 12.1 Å². The Hall–Kier alpha value is -2.74. The highest BCUT2D eigenvalue weighted by atomic mass is 19.3. The molecule has 0 spiro atoms. The van der Waals surface area contributed by atoms with Crippen LogP contribution in [0.4, 0.5) is 8.78 Å². The minimum atomic E-state index is -2.39. The predicted octanol–water partition coefficient (Wildman–Crippen LogP) is 3.04. The van der Waals surface area contributed by atoms with E-state index in [1.165, 1.54) is 4.68 Å². The number of ether oxygens (including phenoxy) is 1. The van der Waals surface area contributed by atoms with Crippen LogP contribution in [0.5, 0.6) is 5.75 Å². The summed E-state index contributed by atoms with van der Waals surface area (Å²) in [6.45, 7) is 1.95. The first-order valence-corrected chi connectivity index (χ1v) is 9.77. The van der Waals surface area contributed by atoms with Crippen molar-refractivity contribution in [1.29, 1.82) is 0 Å². The Balaban J connectivity index is 1.39. The molecule has 0 unspecified atom stereocenters. The van der Waals surface area contributed by atoms with Crippen LogP contribution in [-0.2, 0) is 20.1 Å². The quantitative estimate of drug-likeness (QED) is 0.636. The van der Waals surface area contributed by atoms with Gasteiger partial charge in [-0.2, -0.15) is 5.10 Å². The van der Waals surface area contributed by atoms with Gasteiger partial charge in [0.15, 0.2) is 0 Å². The van der Waals surface area contributed by atoms with E-state index in [0.717, 1.165) is 48.1 Å². The lowest BCUT2D eigenvalue weighted by Gasteiger charge is -2.32. The van der Waals surface area contributed by atoms with Crippen molar-refractivity contribution in [3.8, 4) is 5.75 Å². The maximum Gasteiger partial charge on any atom is 0.270 e. The van der Waals surface area contributed by atoms with Gasteiger partial charge in [-0.1, -0.05) is 6.07 Å². The fourth-order valence-electron chi connectivity index (χ4n) is 3.89. The summed E-state index contributed by atoms with van der Waals surface area (Å²) in [4.78, 5) is 14.4. The highest BCUT2D eigenvalue weighted by Gasteiger charge is 2.22. The molecule has 1 aromatic carbocycles. The number of halogens is 2. The van der Waals surface area contributed by atoms with Gasteiger partial charge in [0.25, 0.3) is 12.0 Å². The Morgan fingerprint density at radius 3 is 2.76 bits per heavy atom. The van der Waals surface area contributed by atoms with Gasteiger partial charge < -0.3 is 9.30 Å². The third-order valence-electron chi connectivity index (χ3n) is 5.41. The Kier molecular flexibility index (Phi) is 5.62. The van der Waals surface area contributed by atoms with Crippen molar-refractivity contribution in [1.82, 2.24) is 19.2 Å². The van der Waals surface area contributed by atoms with E-state index >= 15 is 0 Å². The molecule has 0 atom stereocenters. The van der Waals surface area contributed by atoms with E-state index in [2.05, 4.69) is 10.00 Å². The molecule has 6 nitrogen and oxygen atoms in total. The summed E-state index contributed by atoms with van der Waals surface area (Å²) in [5.41, 5.74) is 1.44. The molecule has 0 amide bonds. The molecule has 1 aliphatic heterocycles. The lowest BCUT2D eigenvalue weighted by Crippen LogP contribution is -2.39.